The zero-order chi connectivity index (χ0) is 18.5. The summed E-state index contributed by atoms with van der Waals surface area (Å²) in [6.45, 7) is 0. The number of aromatic nitrogens is 2. The minimum Gasteiger partial charge on any atom is -0.342 e. The SMILES string of the molecule is CN1C(=O)CC[C@H]1C1C=CC(n2nc(C(F)(F)F)c3c2CCCC3)=CC1. The summed E-state index contributed by atoms with van der Waals surface area (Å²) in [5.74, 6) is 0.373. The topological polar surface area (TPSA) is 38.1 Å². The Balaban J connectivity index is 1.61. The maximum Gasteiger partial charge on any atom is 0.435 e. The lowest BCUT2D eigenvalue weighted by atomic mass is 9.90. The Bertz CT molecular complexity index is 791. The van der Waals surface area contributed by atoms with Crippen molar-refractivity contribution in [3.05, 3.63) is 35.2 Å². The number of amides is 1. The van der Waals surface area contributed by atoms with E-state index in [1.807, 2.05) is 25.3 Å². The molecule has 0 N–H and O–H groups in total. The number of alkyl halides is 3. The molecule has 2 heterocycles. The molecule has 1 aromatic rings. The van der Waals surface area contributed by atoms with Crippen molar-refractivity contribution in [2.45, 2.75) is 57.2 Å². The second kappa shape index (κ2) is 6.28. The molecule has 3 aliphatic rings. The van der Waals surface area contributed by atoms with Crippen molar-refractivity contribution in [1.29, 1.82) is 0 Å². The van der Waals surface area contributed by atoms with E-state index in [0.717, 1.165) is 19.3 Å². The number of hydrogen-bond donors (Lipinski definition) is 0. The summed E-state index contributed by atoms with van der Waals surface area (Å²) in [4.78, 5) is 13.5. The van der Waals surface area contributed by atoms with Gasteiger partial charge in [-0.15, -0.1) is 0 Å². The molecule has 0 bridgehead atoms. The lowest BCUT2D eigenvalue weighted by Crippen LogP contribution is -2.34. The van der Waals surface area contributed by atoms with Gasteiger partial charge in [-0.2, -0.15) is 18.3 Å². The zero-order valence-corrected chi connectivity index (χ0v) is 14.7. The Morgan fingerprint density at radius 1 is 1.19 bits per heavy atom. The lowest BCUT2D eigenvalue weighted by Gasteiger charge is -2.28. The van der Waals surface area contributed by atoms with Gasteiger partial charge >= 0.3 is 6.18 Å². The van der Waals surface area contributed by atoms with Crippen LogP contribution in [0.3, 0.4) is 0 Å². The van der Waals surface area contributed by atoms with Gasteiger partial charge in [0, 0.05) is 36.7 Å². The van der Waals surface area contributed by atoms with Gasteiger partial charge in [0.1, 0.15) is 0 Å². The Hall–Kier alpha value is -2.05. The number of likely N-dealkylation sites (tertiary alicyclic amines) is 1. The van der Waals surface area contributed by atoms with Crippen molar-refractivity contribution in [1.82, 2.24) is 14.7 Å². The van der Waals surface area contributed by atoms with Crippen LogP contribution in [0.1, 0.15) is 49.1 Å². The second-order valence-corrected chi connectivity index (χ2v) is 7.39. The van der Waals surface area contributed by atoms with E-state index >= 15 is 0 Å². The molecule has 0 spiro atoms. The monoisotopic (exact) mass is 365 g/mol. The highest BCUT2D eigenvalue weighted by Gasteiger charge is 2.40. The van der Waals surface area contributed by atoms with Gasteiger partial charge in [0.15, 0.2) is 5.69 Å². The molecule has 0 saturated carbocycles. The highest BCUT2D eigenvalue weighted by atomic mass is 19.4. The largest absolute Gasteiger partial charge is 0.435 e. The number of carbonyl (C=O) groups excluding carboxylic acids is 1. The van der Waals surface area contributed by atoms with Gasteiger partial charge in [-0.3, -0.25) is 4.79 Å². The maximum absolute atomic E-state index is 13.4. The fourth-order valence-corrected chi connectivity index (χ4v) is 4.44. The normalized spacial score (nSPS) is 26.2. The van der Waals surface area contributed by atoms with E-state index in [9.17, 15) is 18.0 Å². The summed E-state index contributed by atoms with van der Waals surface area (Å²) < 4.78 is 41.5. The number of rotatable bonds is 2. The van der Waals surface area contributed by atoms with Crippen LogP contribution in [-0.4, -0.2) is 33.7 Å². The Morgan fingerprint density at radius 2 is 1.96 bits per heavy atom. The first-order chi connectivity index (χ1) is 12.4. The van der Waals surface area contributed by atoms with Crippen LogP contribution < -0.4 is 0 Å². The van der Waals surface area contributed by atoms with Crippen LogP contribution in [0.25, 0.3) is 5.70 Å². The minimum atomic E-state index is -4.42. The molecule has 2 atom stereocenters. The van der Waals surface area contributed by atoms with E-state index in [2.05, 4.69) is 5.10 Å². The summed E-state index contributed by atoms with van der Waals surface area (Å²) in [7, 11) is 1.83. The standard InChI is InChI=1S/C19H22F3N3O/c1-24-15(10-11-17(24)26)12-6-8-13(9-7-12)25-16-5-3-2-4-14(16)18(23-25)19(20,21)22/h6,8-9,12,15H,2-5,7,10-11H2,1H3/t12?,15-/m0/s1. The van der Waals surface area contributed by atoms with E-state index in [1.165, 1.54) is 4.68 Å². The van der Waals surface area contributed by atoms with Gasteiger partial charge in [0.25, 0.3) is 0 Å². The van der Waals surface area contributed by atoms with Gasteiger partial charge in [-0.05, 0) is 44.6 Å². The Kier molecular flexibility index (Phi) is 4.20. The van der Waals surface area contributed by atoms with Crippen molar-refractivity contribution >= 4 is 11.6 Å². The van der Waals surface area contributed by atoms with Crippen LogP contribution in [0.2, 0.25) is 0 Å². The molecule has 7 heteroatoms. The molecule has 1 amide bonds. The predicted octanol–water partition coefficient (Wildman–Crippen LogP) is 3.82. The summed E-state index contributed by atoms with van der Waals surface area (Å²) in [5.41, 5.74) is 1.04. The highest BCUT2D eigenvalue weighted by Crippen LogP contribution is 2.38. The van der Waals surface area contributed by atoms with Crippen LogP contribution in [0.4, 0.5) is 13.2 Å². The van der Waals surface area contributed by atoms with Crippen molar-refractivity contribution < 1.29 is 18.0 Å². The lowest BCUT2D eigenvalue weighted by molar-refractivity contribution is -0.142. The van der Waals surface area contributed by atoms with Crippen molar-refractivity contribution in [3.63, 3.8) is 0 Å². The van der Waals surface area contributed by atoms with Crippen molar-refractivity contribution in [2.75, 3.05) is 7.05 Å². The molecule has 2 aliphatic carbocycles. The van der Waals surface area contributed by atoms with Crippen LogP contribution >= 0.6 is 0 Å². The number of carbonyl (C=O) groups is 1. The molecule has 0 aromatic carbocycles. The molecule has 140 valence electrons. The molecule has 1 aromatic heterocycles. The van der Waals surface area contributed by atoms with Gasteiger partial charge in [0.05, 0.1) is 5.70 Å². The van der Waals surface area contributed by atoms with E-state index in [0.29, 0.717) is 42.6 Å². The van der Waals surface area contributed by atoms with Gasteiger partial charge in [-0.25, -0.2) is 4.68 Å². The third-order valence-corrected chi connectivity index (χ3v) is 5.85. The van der Waals surface area contributed by atoms with Crippen LogP contribution in [0, 0.1) is 5.92 Å². The number of nitrogens with zero attached hydrogens (tertiary/aromatic N) is 3. The molecule has 4 rings (SSSR count). The smallest absolute Gasteiger partial charge is 0.342 e. The average molecular weight is 365 g/mol. The fourth-order valence-electron chi connectivity index (χ4n) is 4.44. The van der Waals surface area contributed by atoms with Crippen LogP contribution in [0.15, 0.2) is 18.2 Å². The minimum absolute atomic E-state index is 0.161. The third kappa shape index (κ3) is 2.87. The fraction of sp³-hybridized carbons (Fsp3) is 0.579. The van der Waals surface area contributed by atoms with E-state index in [-0.39, 0.29) is 17.9 Å². The summed E-state index contributed by atoms with van der Waals surface area (Å²) in [6.07, 6.45) is 6.31. The third-order valence-electron chi connectivity index (χ3n) is 5.85. The molecule has 1 aliphatic heterocycles. The number of hydrogen-bond acceptors (Lipinski definition) is 2. The summed E-state index contributed by atoms with van der Waals surface area (Å²) >= 11 is 0. The molecule has 1 fully saturated rings. The predicted molar refractivity (Wildman–Crippen MR) is 91.2 cm³/mol. The van der Waals surface area contributed by atoms with Gasteiger partial charge < -0.3 is 4.90 Å². The van der Waals surface area contributed by atoms with Gasteiger partial charge in [0.2, 0.25) is 5.91 Å². The molecular formula is C19H22F3N3O. The van der Waals surface area contributed by atoms with E-state index in [4.69, 9.17) is 0 Å². The second-order valence-electron chi connectivity index (χ2n) is 7.39. The summed E-state index contributed by atoms with van der Waals surface area (Å²) in [6, 6.07) is 0.175. The molecule has 26 heavy (non-hydrogen) atoms. The maximum atomic E-state index is 13.4. The number of fused-ring (bicyclic) bond motifs is 1. The van der Waals surface area contributed by atoms with Gasteiger partial charge in [-0.1, -0.05) is 12.2 Å². The molecular weight excluding hydrogens is 343 g/mol. The first-order valence-electron chi connectivity index (χ1n) is 9.18. The average Bonchev–Trinajstić information content (AvgIpc) is 3.16. The van der Waals surface area contributed by atoms with Crippen LogP contribution in [0.5, 0.6) is 0 Å². The number of allylic oxidation sites excluding steroid dienone is 3. The number of halogens is 3. The quantitative estimate of drug-likeness (QED) is 0.799. The Labute approximate surface area is 150 Å². The zero-order valence-electron chi connectivity index (χ0n) is 14.7. The first kappa shape index (κ1) is 17.4. The van der Waals surface area contributed by atoms with Crippen LogP contribution in [-0.2, 0) is 23.8 Å². The molecule has 1 saturated heterocycles. The van der Waals surface area contributed by atoms with E-state index < -0.39 is 11.9 Å². The van der Waals surface area contributed by atoms with E-state index in [1.54, 1.807) is 4.90 Å². The first-order valence-corrected chi connectivity index (χ1v) is 9.18. The molecule has 1 unspecified atom stereocenters. The summed E-state index contributed by atoms with van der Waals surface area (Å²) in [5, 5.41) is 3.94. The Morgan fingerprint density at radius 3 is 2.58 bits per heavy atom. The van der Waals surface area contributed by atoms with Crippen molar-refractivity contribution in [3.8, 4) is 0 Å². The highest BCUT2D eigenvalue weighted by molar-refractivity contribution is 5.78. The molecule has 4 nitrogen and oxygen atoms in total. The van der Waals surface area contributed by atoms with Crippen molar-refractivity contribution in [2.24, 2.45) is 5.92 Å². The molecule has 0 radical (unpaired) electrons.